The van der Waals surface area contributed by atoms with Crippen LogP contribution in [0.15, 0.2) is 36.5 Å². The second kappa shape index (κ2) is 5.27. The summed E-state index contributed by atoms with van der Waals surface area (Å²) in [6.07, 6.45) is 1.65. The minimum atomic E-state index is -0.318. The van der Waals surface area contributed by atoms with E-state index in [9.17, 15) is 4.39 Å². The molecule has 0 fully saturated rings. The first-order valence-electron chi connectivity index (χ1n) is 5.14. The Morgan fingerprint density at radius 1 is 1.35 bits per heavy atom. The molecule has 0 N–H and O–H groups in total. The van der Waals surface area contributed by atoms with Crippen molar-refractivity contribution in [2.45, 2.75) is 12.3 Å². The molecule has 1 aromatic heterocycles. The van der Waals surface area contributed by atoms with Gasteiger partial charge in [0.2, 0.25) is 5.88 Å². The lowest BCUT2D eigenvalue weighted by Gasteiger charge is -2.10. The molecule has 2 nitrogen and oxygen atoms in total. The predicted octanol–water partition coefficient (Wildman–Crippen LogP) is 4.22. The van der Waals surface area contributed by atoms with Crippen LogP contribution in [0.4, 0.5) is 4.39 Å². The third-order valence-corrected chi connectivity index (χ3v) is 2.95. The highest BCUT2D eigenvalue weighted by atomic mass is 79.9. The number of aromatic nitrogens is 1. The number of benzene rings is 1. The summed E-state index contributed by atoms with van der Waals surface area (Å²) in [6.45, 7) is 1.87. The first kappa shape index (κ1) is 12.0. The SMILES string of the molecule is Cc1ccc(F)cc1Oc1ncccc1CBr. The number of ether oxygens (including phenoxy) is 1. The number of nitrogens with zero attached hydrogens (tertiary/aromatic N) is 1. The van der Waals surface area contributed by atoms with Gasteiger partial charge in [-0.15, -0.1) is 0 Å². The molecule has 0 saturated heterocycles. The largest absolute Gasteiger partial charge is 0.438 e. The van der Waals surface area contributed by atoms with Crippen LogP contribution in [-0.4, -0.2) is 4.98 Å². The highest BCUT2D eigenvalue weighted by molar-refractivity contribution is 9.08. The molecule has 0 aliphatic heterocycles. The fourth-order valence-corrected chi connectivity index (χ4v) is 1.83. The summed E-state index contributed by atoms with van der Waals surface area (Å²) < 4.78 is 18.8. The van der Waals surface area contributed by atoms with Crippen LogP contribution in [0.1, 0.15) is 11.1 Å². The second-order valence-corrected chi connectivity index (χ2v) is 4.17. The van der Waals surface area contributed by atoms with Crippen LogP contribution in [0.5, 0.6) is 11.6 Å². The maximum absolute atomic E-state index is 13.1. The number of alkyl halides is 1. The van der Waals surface area contributed by atoms with Crippen molar-refractivity contribution in [2.24, 2.45) is 0 Å². The van der Waals surface area contributed by atoms with Crippen LogP contribution in [-0.2, 0) is 5.33 Å². The lowest BCUT2D eigenvalue weighted by atomic mass is 10.2. The maximum atomic E-state index is 13.1. The Kier molecular flexibility index (Phi) is 3.74. The van der Waals surface area contributed by atoms with Gasteiger partial charge in [0.05, 0.1) is 0 Å². The summed E-state index contributed by atoms with van der Waals surface area (Å²) in [7, 11) is 0. The zero-order valence-corrected chi connectivity index (χ0v) is 10.9. The van der Waals surface area contributed by atoms with Gasteiger partial charge >= 0.3 is 0 Å². The molecule has 2 rings (SSSR count). The summed E-state index contributed by atoms with van der Waals surface area (Å²) in [4.78, 5) is 4.14. The van der Waals surface area contributed by atoms with Crippen molar-refractivity contribution in [1.29, 1.82) is 0 Å². The Bertz CT molecular complexity index is 531. The molecular formula is C13H11BrFNO. The number of hydrogen-bond donors (Lipinski definition) is 0. The van der Waals surface area contributed by atoms with Gasteiger partial charge in [-0.05, 0) is 24.6 Å². The number of rotatable bonds is 3. The Morgan fingerprint density at radius 2 is 2.18 bits per heavy atom. The lowest BCUT2D eigenvalue weighted by Crippen LogP contribution is -1.94. The molecule has 4 heteroatoms. The summed E-state index contributed by atoms with van der Waals surface area (Å²) in [6, 6.07) is 8.20. The van der Waals surface area contributed by atoms with Gasteiger partial charge in [-0.1, -0.05) is 28.1 Å². The Hall–Kier alpha value is -1.42. The fraction of sp³-hybridized carbons (Fsp3) is 0.154. The molecule has 0 radical (unpaired) electrons. The zero-order valence-electron chi connectivity index (χ0n) is 9.28. The quantitative estimate of drug-likeness (QED) is 0.791. The van der Waals surface area contributed by atoms with Crippen molar-refractivity contribution in [3.05, 3.63) is 53.5 Å². The molecule has 0 unspecified atom stereocenters. The summed E-state index contributed by atoms with van der Waals surface area (Å²) in [5.41, 5.74) is 1.80. The maximum Gasteiger partial charge on any atom is 0.223 e. The Balaban J connectivity index is 2.34. The normalized spacial score (nSPS) is 10.3. The monoisotopic (exact) mass is 295 g/mol. The molecule has 0 aliphatic carbocycles. The van der Waals surface area contributed by atoms with E-state index in [-0.39, 0.29) is 5.82 Å². The van der Waals surface area contributed by atoms with Crippen LogP contribution >= 0.6 is 15.9 Å². The molecule has 0 aliphatic rings. The van der Waals surface area contributed by atoms with Crippen molar-refractivity contribution in [3.8, 4) is 11.6 Å². The molecule has 88 valence electrons. The standard InChI is InChI=1S/C13H11BrFNO/c1-9-4-5-11(15)7-12(9)17-13-10(8-14)3-2-6-16-13/h2-7H,8H2,1H3. The van der Waals surface area contributed by atoms with Gasteiger partial charge < -0.3 is 4.74 Å². The number of aryl methyl sites for hydroxylation is 1. The van der Waals surface area contributed by atoms with Gasteiger partial charge in [0.25, 0.3) is 0 Å². The van der Waals surface area contributed by atoms with E-state index in [0.29, 0.717) is 17.0 Å². The fourth-order valence-electron chi connectivity index (χ4n) is 1.41. The van der Waals surface area contributed by atoms with Gasteiger partial charge in [-0.25, -0.2) is 9.37 Å². The van der Waals surface area contributed by atoms with Crippen LogP contribution in [0.2, 0.25) is 0 Å². The first-order chi connectivity index (χ1) is 8.20. The number of pyridine rings is 1. The summed E-state index contributed by atoms with van der Waals surface area (Å²) >= 11 is 3.36. The smallest absolute Gasteiger partial charge is 0.223 e. The first-order valence-corrected chi connectivity index (χ1v) is 6.26. The lowest BCUT2D eigenvalue weighted by molar-refractivity contribution is 0.450. The molecule has 0 bridgehead atoms. The van der Waals surface area contributed by atoms with E-state index < -0.39 is 0 Å². The van der Waals surface area contributed by atoms with Crippen molar-refractivity contribution < 1.29 is 9.13 Å². The van der Waals surface area contributed by atoms with E-state index >= 15 is 0 Å². The van der Waals surface area contributed by atoms with Gasteiger partial charge in [-0.2, -0.15) is 0 Å². The third kappa shape index (κ3) is 2.82. The predicted molar refractivity (Wildman–Crippen MR) is 68.1 cm³/mol. The van der Waals surface area contributed by atoms with E-state index in [2.05, 4.69) is 20.9 Å². The minimum absolute atomic E-state index is 0.318. The van der Waals surface area contributed by atoms with Crippen molar-refractivity contribution >= 4 is 15.9 Å². The van der Waals surface area contributed by atoms with Crippen molar-refractivity contribution in [1.82, 2.24) is 4.98 Å². The average Bonchev–Trinajstić information content (AvgIpc) is 2.34. The van der Waals surface area contributed by atoms with Gasteiger partial charge in [0.15, 0.2) is 0 Å². The van der Waals surface area contributed by atoms with Gasteiger partial charge in [0, 0.05) is 23.2 Å². The van der Waals surface area contributed by atoms with Crippen molar-refractivity contribution in [3.63, 3.8) is 0 Å². The van der Waals surface area contributed by atoms with E-state index in [1.165, 1.54) is 12.1 Å². The Morgan fingerprint density at radius 3 is 2.94 bits per heavy atom. The minimum Gasteiger partial charge on any atom is -0.438 e. The summed E-state index contributed by atoms with van der Waals surface area (Å²) in [5.74, 6) is 0.672. The topological polar surface area (TPSA) is 22.1 Å². The van der Waals surface area contributed by atoms with E-state index in [4.69, 9.17) is 4.74 Å². The van der Waals surface area contributed by atoms with Crippen LogP contribution in [0.25, 0.3) is 0 Å². The molecular weight excluding hydrogens is 285 g/mol. The molecule has 0 amide bonds. The summed E-state index contributed by atoms with van der Waals surface area (Å²) in [5, 5.41) is 0.643. The van der Waals surface area contributed by atoms with Crippen LogP contribution in [0.3, 0.4) is 0 Å². The molecule has 0 atom stereocenters. The molecule has 1 heterocycles. The number of halogens is 2. The molecule has 17 heavy (non-hydrogen) atoms. The van der Waals surface area contributed by atoms with Crippen LogP contribution < -0.4 is 4.74 Å². The third-order valence-electron chi connectivity index (χ3n) is 2.35. The highest BCUT2D eigenvalue weighted by Gasteiger charge is 2.07. The average molecular weight is 296 g/mol. The molecule has 0 spiro atoms. The van der Waals surface area contributed by atoms with E-state index in [1.54, 1.807) is 12.3 Å². The molecule has 1 aromatic carbocycles. The Labute approximate surface area is 108 Å². The molecule has 0 saturated carbocycles. The van der Waals surface area contributed by atoms with E-state index in [1.807, 2.05) is 19.1 Å². The highest BCUT2D eigenvalue weighted by Crippen LogP contribution is 2.27. The van der Waals surface area contributed by atoms with Crippen LogP contribution in [0, 0.1) is 12.7 Å². The van der Waals surface area contributed by atoms with Crippen molar-refractivity contribution in [2.75, 3.05) is 0 Å². The number of hydrogen-bond acceptors (Lipinski definition) is 2. The zero-order chi connectivity index (χ0) is 12.3. The molecule has 2 aromatic rings. The van der Waals surface area contributed by atoms with Gasteiger partial charge in [0.1, 0.15) is 11.6 Å². The van der Waals surface area contributed by atoms with E-state index in [0.717, 1.165) is 11.1 Å². The second-order valence-electron chi connectivity index (χ2n) is 3.61. The van der Waals surface area contributed by atoms with Gasteiger partial charge in [-0.3, -0.25) is 0 Å².